The number of hydrogen-bond donors (Lipinski definition) is 2. The quantitative estimate of drug-likeness (QED) is 0.696. The SMILES string of the molecule is CC(C)(C)OC(=O)NC12CC(CNC(=O)OCC3c4ccccc4-c4ccccc43)(C1)C2. The van der Waals surface area contributed by atoms with Gasteiger partial charge in [-0.3, -0.25) is 0 Å². The number of amides is 2. The van der Waals surface area contributed by atoms with Crippen LogP contribution < -0.4 is 10.6 Å². The van der Waals surface area contributed by atoms with E-state index in [1.54, 1.807) is 0 Å². The minimum absolute atomic E-state index is 0.0596. The van der Waals surface area contributed by atoms with Crippen LogP contribution in [0.3, 0.4) is 0 Å². The summed E-state index contributed by atoms with van der Waals surface area (Å²) >= 11 is 0. The molecule has 32 heavy (non-hydrogen) atoms. The number of alkyl carbamates (subject to hydrolysis) is 2. The highest BCUT2D eigenvalue weighted by atomic mass is 16.6. The summed E-state index contributed by atoms with van der Waals surface area (Å²) in [5, 5.41) is 5.94. The molecule has 0 heterocycles. The van der Waals surface area contributed by atoms with Gasteiger partial charge in [-0.05, 0) is 67.7 Å². The molecule has 3 saturated carbocycles. The Hall–Kier alpha value is -3.02. The fraction of sp³-hybridized carbons (Fsp3) is 0.462. The molecule has 0 unspecified atom stereocenters. The number of carbonyl (C=O) groups excluding carboxylic acids is 2. The molecule has 168 valence electrons. The fourth-order valence-electron chi connectivity index (χ4n) is 5.75. The minimum Gasteiger partial charge on any atom is -0.449 e. The van der Waals surface area contributed by atoms with Crippen molar-refractivity contribution in [1.29, 1.82) is 0 Å². The Morgan fingerprint density at radius 1 is 0.938 bits per heavy atom. The second kappa shape index (κ2) is 7.26. The van der Waals surface area contributed by atoms with Gasteiger partial charge >= 0.3 is 12.2 Å². The number of nitrogens with one attached hydrogen (secondary N) is 2. The molecule has 0 saturated heterocycles. The Kier molecular flexibility index (Phi) is 4.73. The van der Waals surface area contributed by atoms with Crippen molar-refractivity contribution in [3.63, 3.8) is 0 Å². The summed E-state index contributed by atoms with van der Waals surface area (Å²) in [5.41, 5.74) is 4.25. The monoisotopic (exact) mass is 434 g/mol. The molecule has 0 aromatic heterocycles. The topological polar surface area (TPSA) is 76.7 Å². The van der Waals surface area contributed by atoms with Crippen LogP contribution in [0, 0.1) is 5.41 Å². The standard InChI is InChI=1S/C26H30N2O4/c1-24(2,3)32-23(30)28-26-13-25(14-26,15-26)16-27-22(29)31-12-21-19-10-6-4-8-17(19)18-9-5-7-11-20(18)21/h4-11,21H,12-16H2,1-3H3,(H,27,29)(H,28,30). The highest BCUT2D eigenvalue weighted by Gasteiger charge is 2.68. The number of hydrogen-bond acceptors (Lipinski definition) is 4. The number of carbonyl (C=O) groups is 2. The van der Waals surface area contributed by atoms with Gasteiger partial charge in [0.15, 0.2) is 0 Å². The zero-order valence-corrected chi connectivity index (χ0v) is 18.9. The van der Waals surface area contributed by atoms with E-state index in [0.29, 0.717) is 13.2 Å². The van der Waals surface area contributed by atoms with Gasteiger partial charge in [-0.2, -0.15) is 0 Å². The molecule has 0 aliphatic heterocycles. The first-order chi connectivity index (χ1) is 15.2. The maximum atomic E-state index is 12.4. The molecular formula is C26H30N2O4. The Labute approximate surface area is 188 Å². The minimum atomic E-state index is -0.503. The largest absolute Gasteiger partial charge is 0.449 e. The Balaban J connectivity index is 1.10. The fourth-order valence-corrected chi connectivity index (χ4v) is 5.75. The van der Waals surface area contributed by atoms with Crippen LogP contribution in [0.4, 0.5) is 9.59 Å². The summed E-state index contributed by atoms with van der Waals surface area (Å²) in [5.74, 6) is 0.0596. The molecule has 2 amide bonds. The third-order valence-corrected chi connectivity index (χ3v) is 6.86. The molecule has 4 aliphatic carbocycles. The Morgan fingerprint density at radius 3 is 2.06 bits per heavy atom. The normalized spacial score (nSPS) is 25.0. The molecule has 2 aromatic rings. The van der Waals surface area contributed by atoms with Gasteiger partial charge in [0.2, 0.25) is 0 Å². The van der Waals surface area contributed by atoms with Gasteiger partial charge in [-0.15, -0.1) is 0 Å². The summed E-state index contributed by atoms with van der Waals surface area (Å²) in [7, 11) is 0. The van der Waals surface area contributed by atoms with E-state index in [-0.39, 0.29) is 29.1 Å². The molecule has 6 nitrogen and oxygen atoms in total. The average molecular weight is 435 g/mol. The maximum Gasteiger partial charge on any atom is 0.408 e. The van der Waals surface area contributed by atoms with E-state index in [4.69, 9.17) is 9.47 Å². The molecule has 6 rings (SSSR count). The Morgan fingerprint density at radius 2 is 1.50 bits per heavy atom. The van der Waals surface area contributed by atoms with Gasteiger partial charge in [0.05, 0.1) is 0 Å². The third-order valence-electron chi connectivity index (χ3n) is 6.86. The van der Waals surface area contributed by atoms with Crippen molar-refractivity contribution < 1.29 is 19.1 Å². The van der Waals surface area contributed by atoms with Crippen molar-refractivity contribution in [2.24, 2.45) is 5.41 Å². The first kappa shape index (κ1) is 20.9. The lowest BCUT2D eigenvalue weighted by Crippen LogP contribution is -2.77. The first-order valence-corrected chi connectivity index (χ1v) is 11.3. The molecular weight excluding hydrogens is 404 g/mol. The zero-order valence-electron chi connectivity index (χ0n) is 18.9. The van der Waals surface area contributed by atoms with Gasteiger partial charge in [-0.25, -0.2) is 9.59 Å². The van der Waals surface area contributed by atoms with Crippen LogP contribution in [0.2, 0.25) is 0 Å². The summed E-state index contributed by atoms with van der Waals surface area (Å²) in [4.78, 5) is 24.4. The zero-order chi connectivity index (χ0) is 22.6. The molecule has 0 spiro atoms. The van der Waals surface area contributed by atoms with E-state index >= 15 is 0 Å². The summed E-state index contributed by atoms with van der Waals surface area (Å²) in [6.07, 6.45) is 1.84. The van der Waals surface area contributed by atoms with Crippen LogP contribution >= 0.6 is 0 Å². The van der Waals surface area contributed by atoms with Gasteiger partial charge in [0, 0.05) is 18.0 Å². The van der Waals surface area contributed by atoms with Crippen molar-refractivity contribution in [2.75, 3.05) is 13.2 Å². The van der Waals surface area contributed by atoms with Crippen LogP contribution in [-0.4, -0.2) is 36.5 Å². The van der Waals surface area contributed by atoms with E-state index < -0.39 is 5.60 Å². The number of rotatable bonds is 5. The lowest BCUT2D eigenvalue weighted by atomic mass is 9.39. The van der Waals surface area contributed by atoms with E-state index in [0.717, 1.165) is 19.3 Å². The van der Waals surface area contributed by atoms with Crippen LogP contribution in [0.15, 0.2) is 48.5 Å². The molecule has 2 aromatic carbocycles. The second-order valence-electron chi connectivity index (χ2n) is 10.6. The van der Waals surface area contributed by atoms with Crippen LogP contribution in [-0.2, 0) is 9.47 Å². The van der Waals surface area contributed by atoms with Crippen molar-refractivity contribution >= 4 is 12.2 Å². The molecule has 6 heteroatoms. The summed E-state index contributed by atoms with van der Waals surface area (Å²) < 4.78 is 11.0. The van der Waals surface area contributed by atoms with Gasteiger partial charge in [-0.1, -0.05) is 48.5 Å². The van der Waals surface area contributed by atoms with Crippen molar-refractivity contribution in [1.82, 2.24) is 10.6 Å². The number of benzene rings is 2. The summed E-state index contributed by atoms with van der Waals surface area (Å²) in [6, 6.07) is 16.6. The lowest BCUT2D eigenvalue weighted by molar-refractivity contribution is -0.147. The lowest BCUT2D eigenvalue weighted by Gasteiger charge is -2.70. The first-order valence-electron chi connectivity index (χ1n) is 11.3. The van der Waals surface area contributed by atoms with Gasteiger partial charge in [0.25, 0.3) is 0 Å². The van der Waals surface area contributed by atoms with E-state index in [2.05, 4.69) is 34.9 Å². The predicted octanol–water partition coefficient (Wildman–Crippen LogP) is 4.97. The molecule has 0 atom stereocenters. The summed E-state index contributed by atoms with van der Waals surface area (Å²) in [6.45, 7) is 6.45. The molecule has 3 fully saturated rings. The molecule has 0 radical (unpaired) electrons. The van der Waals surface area contributed by atoms with Crippen LogP contribution in [0.5, 0.6) is 0 Å². The van der Waals surface area contributed by atoms with E-state index in [9.17, 15) is 9.59 Å². The smallest absolute Gasteiger partial charge is 0.408 e. The predicted molar refractivity (Wildman–Crippen MR) is 121 cm³/mol. The highest BCUT2D eigenvalue weighted by Crippen LogP contribution is 2.66. The molecule has 2 bridgehead atoms. The van der Waals surface area contributed by atoms with Gasteiger partial charge in [0.1, 0.15) is 12.2 Å². The van der Waals surface area contributed by atoms with Crippen LogP contribution in [0.25, 0.3) is 11.1 Å². The van der Waals surface area contributed by atoms with Crippen molar-refractivity contribution in [3.05, 3.63) is 59.7 Å². The van der Waals surface area contributed by atoms with E-state index in [1.165, 1.54) is 22.3 Å². The number of fused-ring (bicyclic) bond motifs is 3. The third kappa shape index (κ3) is 3.72. The maximum absolute atomic E-state index is 12.4. The average Bonchev–Trinajstić information content (AvgIpc) is 3.00. The second-order valence-corrected chi connectivity index (χ2v) is 10.6. The van der Waals surface area contributed by atoms with E-state index in [1.807, 2.05) is 45.0 Å². The highest BCUT2D eigenvalue weighted by molar-refractivity contribution is 5.79. The number of ether oxygens (including phenoxy) is 2. The Bertz CT molecular complexity index is 1010. The van der Waals surface area contributed by atoms with Gasteiger partial charge < -0.3 is 20.1 Å². The molecule has 4 aliphatic rings. The van der Waals surface area contributed by atoms with Crippen LogP contribution in [0.1, 0.15) is 57.1 Å². The van der Waals surface area contributed by atoms with Crippen molar-refractivity contribution in [2.45, 2.75) is 57.1 Å². The molecule has 2 N–H and O–H groups in total. The van der Waals surface area contributed by atoms with Crippen molar-refractivity contribution in [3.8, 4) is 11.1 Å².